The summed E-state index contributed by atoms with van der Waals surface area (Å²) in [5.74, 6) is -0.397. The minimum atomic E-state index is -0.573. The summed E-state index contributed by atoms with van der Waals surface area (Å²) in [5.41, 5.74) is 0.0411. The van der Waals surface area contributed by atoms with Crippen LogP contribution in [0.2, 0.25) is 0 Å². The molecule has 1 aliphatic heterocycles. The molecule has 1 N–H and O–H groups in total. The predicted octanol–water partition coefficient (Wildman–Crippen LogP) is 3.51. The van der Waals surface area contributed by atoms with Gasteiger partial charge in [-0.05, 0) is 58.6 Å². The maximum Gasteiger partial charge on any atom is 0.407 e. The van der Waals surface area contributed by atoms with E-state index < -0.39 is 22.6 Å². The molecule has 160 valence electrons. The largest absolute Gasteiger partial charge is 0.462 e. The summed E-state index contributed by atoms with van der Waals surface area (Å²) in [6.07, 6.45) is 1.23. The number of piperidine rings is 1. The summed E-state index contributed by atoms with van der Waals surface area (Å²) in [6.45, 7) is 8.90. The molecule has 9 nitrogen and oxygen atoms in total. The lowest BCUT2D eigenvalue weighted by Crippen LogP contribution is -2.42. The van der Waals surface area contributed by atoms with Gasteiger partial charge in [0, 0.05) is 25.7 Å². The van der Waals surface area contributed by atoms with Crippen molar-refractivity contribution >= 4 is 23.4 Å². The van der Waals surface area contributed by atoms with E-state index in [0.717, 1.165) is 12.8 Å². The van der Waals surface area contributed by atoms with Gasteiger partial charge >= 0.3 is 12.1 Å². The average molecular weight is 407 g/mol. The molecule has 1 aliphatic rings. The Morgan fingerprint density at radius 1 is 1.34 bits per heavy atom. The molecule has 0 bridgehead atoms. The van der Waals surface area contributed by atoms with Crippen molar-refractivity contribution in [2.75, 3.05) is 31.1 Å². The first-order chi connectivity index (χ1) is 13.6. The maximum absolute atomic E-state index is 12.0. The van der Waals surface area contributed by atoms with Gasteiger partial charge in [0.05, 0.1) is 17.1 Å². The van der Waals surface area contributed by atoms with E-state index in [1.165, 1.54) is 18.2 Å². The third-order valence-corrected chi connectivity index (χ3v) is 4.48. The van der Waals surface area contributed by atoms with Crippen molar-refractivity contribution in [2.45, 2.75) is 46.1 Å². The summed E-state index contributed by atoms with van der Waals surface area (Å²) in [6, 6.07) is 4.26. The summed E-state index contributed by atoms with van der Waals surface area (Å²) in [5, 5.41) is 14.3. The zero-order chi connectivity index (χ0) is 21.6. The third-order valence-electron chi connectivity index (χ3n) is 4.48. The number of esters is 1. The van der Waals surface area contributed by atoms with Crippen LogP contribution in [0.1, 0.15) is 50.9 Å². The molecule has 1 saturated heterocycles. The molecule has 1 aromatic carbocycles. The number of nitro benzene ring substituents is 1. The van der Waals surface area contributed by atoms with Gasteiger partial charge in [-0.1, -0.05) is 0 Å². The Hall–Kier alpha value is -2.84. The highest BCUT2D eigenvalue weighted by molar-refractivity contribution is 5.91. The number of alkyl carbamates (subject to hydrolysis) is 1. The van der Waals surface area contributed by atoms with E-state index in [1.807, 2.05) is 4.90 Å². The van der Waals surface area contributed by atoms with E-state index in [2.05, 4.69) is 5.32 Å². The third kappa shape index (κ3) is 6.62. The number of nitro groups is 1. The lowest BCUT2D eigenvalue weighted by Gasteiger charge is -2.34. The molecule has 0 spiro atoms. The topological polar surface area (TPSA) is 111 Å². The second-order valence-electron chi connectivity index (χ2n) is 8.02. The van der Waals surface area contributed by atoms with Crippen molar-refractivity contribution < 1.29 is 24.0 Å². The number of ether oxygens (including phenoxy) is 2. The van der Waals surface area contributed by atoms with Crippen molar-refractivity contribution in [1.29, 1.82) is 0 Å². The van der Waals surface area contributed by atoms with Gasteiger partial charge in [-0.2, -0.15) is 0 Å². The molecule has 1 amide bonds. The van der Waals surface area contributed by atoms with Crippen LogP contribution >= 0.6 is 0 Å². The van der Waals surface area contributed by atoms with Crippen LogP contribution in [-0.2, 0) is 9.47 Å². The van der Waals surface area contributed by atoms with Gasteiger partial charge in [0.15, 0.2) is 0 Å². The van der Waals surface area contributed by atoms with E-state index >= 15 is 0 Å². The number of rotatable bonds is 6. The lowest BCUT2D eigenvalue weighted by molar-refractivity contribution is -0.384. The number of nitrogens with one attached hydrogen (secondary N) is 1. The van der Waals surface area contributed by atoms with Crippen molar-refractivity contribution in [3.63, 3.8) is 0 Å². The first kappa shape index (κ1) is 22.4. The monoisotopic (exact) mass is 407 g/mol. The standard InChI is InChI=1S/C20H29N3O6/c1-5-28-18(24)15-8-9-16(23(26)27)17(11-15)22-10-6-7-14(13-22)12-21-19(25)29-20(2,3)4/h8-9,11,14H,5-7,10,12-13H2,1-4H3,(H,21,25). The number of amides is 1. The number of hydrogen-bond acceptors (Lipinski definition) is 7. The highest BCUT2D eigenvalue weighted by Crippen LogP contribution is 2.32. The Labute approximate surface area is 170 Å². The highest BCUT2D eigenvalue weighted by Gasteiger charge is 2.27. The number of carbonyl (C=O) groups is 2. The molecule has 1 atom stereocenters. The summed E-state index contributed by atoms with van der Waals surface area (Å²) < 4.78 is 10.3. The molecule has 1 unspecified atom stereocenters. The normalized spacial score (nSPS) is 16.8. The van der Waals surface area contributed by atoms with Crippen LogP contribution in [-0.4, -0.2) is 48.8 Å². The molecule has 2 rings (SSSR count). The van der Waals surface area contributed by atoms with E-state index in [9.17, 15) is 19.7 Å². The van der Waals surface area contributed by atoms with E-state index in [1.54, 1.807) is 27.7 Å². The fraction of sp³-hybridized carbons (Fsp3) is 0.600. The molecule has 1 aromatic rings. The Morgan fingerprint density at radius 3 is 2.69 bits per heavy atom. The van der Waals surface area contributed by atoms with Crippen LogP contribution in [0.25, 0.3) is 0 Å². The van der Waals surface area contributed by atoms with Gasteiger partial charge in [0.2, 0.25) is 0 Å². The minimum Gasteiger partial charge on any atom is -0.462 e. The van der Waals surface area contributed by atoms with Crippen molar-refractivity contribution in [3.05, 3.63) is 33.9 Å². The van der Waals surface area contributed by atoms with Crippen molar-refractivity contribution in [3.8, 4) is 0 Å². The van der Waals surface area contributed by atoms with Crippen LogP contribution < -0.4 is 10.2 Å². The van der Waals surface area contributed by atoms with Crippen LogP contribution in [0.5, 0.6) is 0 Å². The van der Waals surface area contributed by atoms with Gasteiger partial charge in [0.1, 0.15) is 11.3 Å². The molecule has 0 aromatic heterocycles. The van der Waals surface area contributed by atoms with Gasteiger partial charge in [-0.15, -0.1) is 0 Å². The first-order valence-corrected chi connectivity index (χ1v) is 9.78. The molecule has 0 radical (unpaired) electrons. The Morgan fingerprint density at radius 2 is 2.07 bits per heavy atom. The first-order valence-electron chi connectivity index (χ1n) is 9.78. The predicted molar refractivity (Wildman–Crippen MR) is 108 cm³/mol. The molecule has 9 heteroatoms. The zero-order valence-corrected chi connectivity index (χ0v) is 17.4. The number of nitrogens with zero attached hydrogens (tertiary/aromatic N) is 2. The molecule has 1 heterocycles. The summed E-state index contributed by atoms with van der Waals surface area (Å²) >= 11 is 0. The average Bonchev–Trinajstić information content (AvgIpc) is 2.65. The molecule has 29 heavy (non-hydrogen) atoms. The quantitative estimate of drug-likeness (QED) is 0.436. The minimum absolute atomic E-state index is 0.0567. The molecule has 0 aliphatic carbocycles. The Balaban J connectivity index is 2.12. The molecular weight excluding hydrogens is 378 g/mol. The second kappa shape index (κ2) is 9.58. The van der Waals surface area contributed by atoms with E-state index in [0.29, 0.717) is 25.3 Å². The van der Waals surface area contributed by atoms with Crippen LogP contribution in [0, 0.1) is 16.0 Å². The number of hydrogen-bond donors (Lipinski definition) is 1. The van der Waals surface area contributed by atoms with Crippen molar-refractivity contribution in [2.24, 2.45) is 5.92 Å². The van der Waals surface area contributed by atoms with Gasteiger partial charge in [-0.3, -0.25) is 10.1 Å². The van der Waals surface area contributed by atoms with Gasteiger partial charge in [-0.25, -0.2) is 9.59 Å². The lowest BCUT2D eigenvalue weighted by atomic mass is 9.97. The number of benzene rings is 1. The Bertz CT molecular complexity index is 759. The number of carbonyl (C=O) groups excluding carboxylic acids is 2. The highest BCUT2D eigenvalue weighted by atomic mass is 16.6. The van der Waals surface area contributed by atoms with Crippen LogP contribution in [0.3, 0.4) is 0 Å². The Kier molecular flexibility index (Phi) is 7.41. The van der Waals surface area contributed by atoms with E-state index in [4.69, 9.17) is 9.47 Å². The smallest absolute Gasteiger partial charge is 0.407 e. The fourth-order valence-corrected chi connectivity index (χ4v) is 3.26. The summed E-state index contributed by atoms with van der Waals surface area (Å²) in [7, 11) is 0. The van der Waals surface area contributed by atoms with Gasteiger partial charge < -0.3 is 19.7 Å². The van der Waals surface area contributed by atoms with Crippen LogP contribution in [0.15, 0.2) is 18.2 Å². The van der Waals surface area contributed by atoms with Crippen LogP contribution in [0.4, 0.5) is 16.2 Å². The van der Waals surface area contributed by atoms with E-state index in [-0.39, 0.29) is 23.8 Å². The fourth-order valence-electron chi connectivity index (χ4n) is 3.26. The van der Waals surface area contributed by atoms with Gasteiger partial charge in [0.25, 0.3) is 5.69 Å². The molecular formula is C20H29N3O6. The molecule has 0 saturated carbocycles. The van der Waals surface area contributed by atoms with Crippen molar-refractivity contribution in [1.82, 2.24) is 5.32 Å². The maximum atomic E-state index is 12.0. The number of anilines is 1. The zero-order valence-electron chi connectivity index (χ0n) is 17.4. The molecule has 1 fully saturated rings. The SMILES string of the molecule is CCOC(=O)c1ccc([N+](=O)[O-])c(N2CCCC(CNC(=O)OC(C)(C)C)C2)c1. The second-order valence-corrected chi connectivity index (χ2v) is 8.02. The summed E-state index contributed by atoms with van der Waals surface area (Å²) in [4.78, 5) is 36.9.